The third-order valence-corrected chi connectivity index (χ3v) is 1.70. The molecular weight excluding hydrogens is 136 g/mol. The Balaban J connectivity index is 1.97. The smallest absolute Gasteiger partial charge is 0.00141 e. The summed E-state index contributed by atoms with van der Waals surface area (Å²) in [5.41, 5.74) is 0. The summed E-state index contributed by atoms with van der Waals surface area (Å²) >= 11 is 3.16. The Kier molecular flexibility index (Phi) is 4.62. The quantitative estimate of drug-likeness (QED) is 0.538. The zero-order valence-electron chi connectivity index (χ0n) is 2.49. The number of hydrogen-bond donors (Lipinski definition) is 0. The van der Waals surface area contributed by atoms with Gasteiger partial charge in [0.15, 0.2) is 0 Å². The van der Waals surface area contributed by atoms with Crippen molar-refractivity contribution in [3.8, 4) is 0 Å². The largest absolute Gasteiger partial charge is 0.0838 e. The van der Waals surface area contributed by atoms with Crippen LogP contribution < -0.4 is 0 Å². The van der Waals surface area contributed by atoms with Gasteiger partial charge >= 0.3 is 0 Å². The highest BCUT2D eigenvalue weighted by atomic mass is 79.9. The minimum atomic E-state index is 1.15. The van der Waals surface area contributed by atoms with Gasteiger partial charge in [-0.25, -0.2) is 0 Å². The van der Waals surface area contributed by atoms with Gasteiger partial charge < -0.3 is 0 Å². The first kappa shape index (κ1) is 4.83. The number of rotatable bonds is 1. The second kappa shape index (κ2) is 3.83. The van der Waals surface area contributed by atoms with E-state index in [2.05, 4.69) is 21.7 Å². The van der Waals surface area contributed by atoms with E-state index >= 15 is 0 Å². The molecule has 0 nitrogen and oxygen atoms in total. The Morgan fingerprint density at radius 3 is 2.25 bits per heavy atom. The van der Waals surface area contributed by atoms with E-state index in [0.29, 0.717) is 0 Å². The van der Waals surface area contributed by atoms with Crippen LogP contribution in [-0.2, 0) is 0 Å². The summed E-state index contributed by atoms with van der Waals surface area (Å²) in [5.74, 6) is 1.15. The standard InChI is InChI=1S/C2H5BrS/c1-2-4-3/h2H2,1H3. The molecule has 0 aromatic carbocycles. The van der Waals surface area contributed by atoms with E-state index in [-0.39, 0.29) is 0 Å². The van der Waals surface area contributed by atoms with Gasteiger partial charge in [0.2, 0.25) is 0 Å². The summed E-state index contributed by atoms with van der Waals surface area (Å²) in [6.07, 6.45) is 0. The summed E-state index contributed by atoms with van der Waals surface area (Å²) in [6, 6.07) is 0. The van der Waals surface area contributed by atoms with Crippen LogP contribution in [0.3, 0.4) is 0 Å². The Labute approximate surface area is 38.2 Å². The van der Waals surface area contributed by atoms with Crippen molar-refractivity contribution in [1.82, 2.24) is 0 Å². The predicted molar refractivity (Wildman–Crippen MR) is 27.1 cm³/mol. The average molecular weight is 141 g/mol. The third-order valence-electron chi connectivity index (χ3n) is 0.109. The molecule has 0 saturated carbocycles. The molecule has 0 rings (SSSR count). The first-order valence-corrected chi connectivity index (χ1v) is 3.98. The minimum absolute atomic E-state index is 1.15. The maximum absolute atomic E-state index is 3.16. The van der Waals surface area contributed by atoms with Gasteiger partial charge in [-0.2, -0.15) is 0 Å². The molecule has 0 radical (unpaired) electrons. The van der Waals surface area contributed by atoms with Crippen molar-refractivity contribution in [2.75, 3.05) is 5.75 Å². The lowest BCUT2D eigenvalue weighted by Crippen LogP contribution is -1.44. The maximum Gasteiger partial charge on any atom is 0.00141 e. The van der Waals surface area contributed by atoms with Crippen LogP contribution in [0.2, 0.25) is 0 Å². The molecule has 26 valence electrons. The number of hydrogen-bond acceptors (Lipinski definition) is 1. The van der Waals surface area contributed by atoms with E-state index in [4.69, 9.17) is 0 Å². The molecule has 0 aromatic rings. The van der Waals surface area contributed by atoms with E-state index in [1.54, 1.807) is 10.2 Å². The summed E-state index contributed by atoms with van der Waals surface area (Å²) in [7, 11) is 1.67. The van der Waals surface area contributed by atoms with Crippen molar-refractivity contribution in [3.05, 3.63) is 0 Å². The summed E-state index contributed by atoms with van der Waals surface area (Å²) < 4.78 is 0. The fourth-order valence-corrected chi connectivity index (χ4v) is 0. The van der Waals surface area contributed by atoms with E-state index in [1.807, 2.05) is 0 Å². The lowest BCUT2D eigenvalue weighted by atomic mass is 11.0. The summed E-state index contributed by atoms with van der Waals surface area (Å²) in [4.78, 5) is 0. The molecule has 0 aliphatic heterocycles. The van der Waals surface area contributed by atoms with Gasteiger partial charge in [0, 0.05) is 5.75 Å². The molecular formula is C2H5BrS. The second-order valence-electron chi connectivity index (χ2n) is 0.398. The van der Waals surface area contributed by atoms with Gasteiger partial charge in [-0.15, -0.1) is 0 Å². The van der Waals surface area contributed by atoms with Crippen LogP contribution in [0.5, 0.6) is 0 Å². The van der Waals surface area contributed by atoms with E-state index in [0.717, 1.165) is 5.75 Å². The predicted octanol–water partition coefficient (Wildman–Crippen LogP) is 2.05. The van der Waals surface area contributed by atoms with Crippen molar-refractivity contribution in [1.29, 1.82) is 0 Å². The molecule has 0 aromatic heterocycles. The lowest BCUT2D eigenvalue weighted by molar-refractivity contribution is 1.54. The van der Waals surface area contributed by atoms with Crippen LogP contribution in [-0.4, -0.2) is 5.75 Å². The monoisotopic (exact) mass is 140 g/mol. The third kappa shape index (κ3) is 2.83. The molecule has 0 fully saturated rings. The van der Waals surface area contributed by atoms with Crippen molar-refractivity contribution in [2.45, 2.75) is 6.92 Å². The summed E-state index contributed by atoms with van der Waals surface area (Å²) in [5, 5.41) is 0. The molecule has 0 spiro atoms. The average Bonchev–Trinajstić information content (AvgIpc) is 1.37. The molecule has 0 bridgehead atoms. The lowest BCUT2D eigenvalue weighted by Gasteiger charge is -1.66. The van der Waals surface area contributed by atoms with E-state index in [9.17, 15) is 0 Å². The molecule has 0 heterocycles. The molecule has 0 aliphatic carbocycles. The molecule has 4 heavy (non-hydrogen) atoms. The highest BCUT2D eigenvalue weighted by molar-refractivity contribution is 9.50. The molecule has 0 amide bonds. The van der Waals surface area contributed by atoms with Gasteiger partial charge in [0.05, 0.1) is 0 Å². The van der Waals surface area contributed by atoms with Gasteiger partial charge in [0.25, 0.3) is 0 Å². The molecule has 0 N–H and O–H groups in total. The molecule has 2 heteroatoms. The van der Waals surface area contributed by atoms with E-state index in [1.165, 1.54) is 0 Å². The Hall–Kier alpha value is 0.830. The molecule has 0 atom stereocenters. The molecule has 0 unspecified atom stereocenters. The van der Waals surface area contributed by atoms with Crippen molar-refractivity contribution >= 4 is 25.0 Å². The highest BCUT2D eigenvalue weighted by Crippen LogP contribution is 2.05. The van der Waals surface area contributed by atoms with Crippen LogP contribution >= 0.6 is 25.0 Å². The zero-order chi connectivity index (χ0) is 3.41. The van der Waals surface area contributed by atoms with Crippen LogP contribution in [0.15, 0.2) is 0 Å². The minimum Gasteiger partial charge on any atom is -0.0838 e. The van der Waals surface area contributed by atoms with Gasteiger partial charge in [-0.3, -0.25) is 0 Å². The fraction of sp³-hybridized carbons (Fsp3) is 1.00. The first-order valence-electron chi connectivity index (χ1n) is 1.15. The van der Waals surface area contributed by atoms with Crippen molar-refractivity contribution in [3.63, 3.8) is 0 Å². The van der Waals surface area contributed by atoms with E-state index < -0.39 is 0 Å². The van der Waals surface area contributed by atoms with Crippen molar-refractivity contribution < 1.29 is 0 Å². The topological polar surface area (TPSA) is 0 Å². The Bertz CT molecular complexity index is 8.00. The number of halogens is 1. The van der Waals surface area contributed by atoms with Crippen LogP contribution in [0.1, 0.15) is 6.92 Å². The normalized spacial score (nSPS) is 7.50. The first-order chi connectivity index (χ1) is 1.91. The zero-order valence-corrected chi connectivity index (χ0v) is 4.90. The van der Waals surface area contributed by atoms with Crippen LogP contribution in [0.25, 0.3) is 0 Å². The van der Waals surface area contributed by atoms with Gasteiger partial charge in [0.1, 0.15) is 0 Å². The van der Waals surface area contributed by atoms with Crippen LogP contribution in [0, 0.1) is 0 Å². The Morgan fingerprint density at radius 2 is 2.25 bits per heavy atom. The fourth-order valence-electron chi connectivity index (χ4n) is 0. The Morgan fingerprint density at radius 1 is 2.00 bits per heavy atom. The van der Waals surface area contributed by atoms with Crippen LogP contribution in [0.4, 0.5) is 0 Å². The summed E-state index contributed by atoms with van der Waals surface area (Å²) in [6.45, 7) is 2.10. The van der Waals surface area contributed by atoms with Gasteiger partial charge in [-0.1, -0.05) is 17.1 Å². The molecule has 0 aliphatic rings. The maximum atomic E-state index is 3.16. The molecule has 0 saturated heterocycles. The highest BCUT2D eigenvalue weighted by Gasteiger charge is 1.58. The second-order valence-corrected chi connectivity index (χ2v) is 2.57. The SMILES string of the molecule is CCSBr. The van der Waals surface area contributed by atoms with Gasteiger partial charge in [-0.05, 0) is 14.8 Å². The van der Waals surface area contributed by atoms with Crippen molar-refractivity contribution in [2.24, 2.45) is 0 Å².